The van der Waals surface area contributed by atoms with Crippen LogP contribution < -0.4 is 10.6 Å². The highest BCUT2D eigenvalue weighted by Crippen LogP contribution is 2.18. The van der Waals surface area contributed by atoms with Gasteiger partial charge in [-0.05, 0) is 45.7 Å². The van der Waals surface area contributed by atoms with Gasteiger partial charge >= 0.3 is 6.09 Å². The summed E-state index contributed by atoms with van der Waals surface area (Å²) in [5, 5.41) is 5.40. The fourth-order valence-electron chi connectivity index (χ4n) is 2.84. The lowest BCUT2D eigenvalue weighted by Gasteiger charge is -2.31. The molecule has 0 radical (unpaired) electrons. The topological polar surface area (TPSA) is 101 Å². The van der Waals surface area contributed by atoms with E-state index in [-0.39, 0.29) is 24.3 Å². The molecule has 148 valence electrons. The Morgan fingerprint density at radius 3 is 2.63 bits per heavy atom. The van der Waals surface area contributed by atoms with Crippen molar-refractivity contribution in [2.75, 3.05) is 26.2 Å². The molecule has 8 heteroatoms. The lowest BCUT2D eigenvalue weighted by molar-refractivity contribution is -0.126. The number of rotatable bonds is 5. The maximum absolute atomic E-state index is 12.5. The first kappa shape index (κ1) is 20.7. The molecule has 1 atom stereocenters. The van der Waals surface area contributed by atoms with Crippen LogP contribution in [0.5, 0.6) is 0 Å². The van der Waals surface area contributed by atoms with Gasteiger partial charge in [0.25, 0.3) is 5.91 Å². The summed E-state index contributed by atoms with van der Waals surface area (Å²) in [7, 11) is 0. The Hall–Kier alpha value is -2.64. The summed E-state index contributed by atoms with van der Waals surface area (Å²) in [6.07, 6.45) is 2.57. The molecule has 0 saturated carbocycles. The van der Waals surface area contributed by atoms with Crippen molar-refractivity contribution in [1.82, 2.24) is 20.5 Å². The number of nitrogens with one attached hydrogen (secondary N) is 2. The van der Waals surface area contributed by atoms with Crippen LogP contribution in [0.3, 0.4) is 0 Å². The van der Waals surface area contributed by atoms with Crippen molar-refractivity contribution in [3.63, 3.8) is 0 Å². The van der Waals surface area contributed by atoms with Gasteiger partial charge in [-0.2, -0.15) is 0 Å². The van der Waals surface area contributed by atoms with Crippen molar-refractivity contribution in [2.45, 2.75) is 39.2 Å². The van der Waals surface area contributed by atoms with Crippen molar-refractivity contribution in [3.05, 3.63) is 30.1 Å². The molecule has 0 aliphatic carbocycles. The van der Waals surface area contributed by atoms with Crippen molar-refractivity contribution in [3.8, 4) is 0 Å². The fourth-order valence-corrected chi connectivity index (χ4v) is 2.84. The third-order valence-corrected chi connectivity index (χ3v) is 4.06. The molecule has 2 rings (SSSR count). The average Bonchev–Trinajstić information content (AvgIpc) is 2.64. The highest BCUT2D eigenvalue weighted by atomic mass is 16.6. The molecule has 1 aliphatic rings. The Bertz CT molecular complexity index is 657. The third kappa shape index (κ3) is 6.88. The summed E-state index contributed by atoms with van der Waals surface area (Å²) in [5.74, 6) is -0.521. The van der Waals surface area contributed by atoms with E-state index in [0.717, 1.165) is 12.8 Å². The van der Waals surface area contributed by atoms with Crippen molar-refractivity contribution in [2.24, 2.45) is 5.92 Å². The maximum Gasteiger partial charge on any atom is 0.407 e. The second-order valence-corrected chi connectivity index (χ2v) is 7.52. The standard InChI is InChI=1S/C19H28N4O4/c1-19(2,3)27-18(26)22-11-10-21-16(24)14-7-6-12-23(13-14)17(25)15-8-4-5-9-20-15/h4-5,8-9,14H,6-7,10-13H2,1-3H3,(H,21,24)(H,22,26). The second kappa shape index (κ2) is 9.34. The predicted molar refractivity (Wildman–Crippen MR) is 100 cm³/mol. The van der Waals surface area contributed by atoms with E-state index in [0.29, 0.717) is 25.3 Å². The van der Waals surface area contributed by atoms with E-state index in [1.54, 1.807) is 50.1 Å². The van der Waals surface area contributed by atoms with Gasteiger partial charge in [-0.1, -0.05) is 6.07 Å². The fraction of sp³-hybridized carbons (Fsp3) is 0.579. The highest BCUT2D eigenvalue weighted by Gasteiger charge is 2.29. The van der Waals surface area contributed by atoms with Crippen LogP contribution in [-0.2, 0) is 9.53 Å². The van der Waals surface area contributed by atoms with Crippen LogP contribution in [0.4, 0.5) is 4.79 Å². The van der Waals surface area contributed by atoms with E-state index in [9.17, 15) is 14.4 Å². The number of piperidine rings is 1. The normalized spacial score (nSPS) is 17.1. The Labute approximate surface area is 159 Å². The van der Waals surface area contributed by atoms with Crippen molar-refractivity contribution < 1.29 is 19.1 Å². The van der Waals surface area contributed by atoms with Gasteiger partial charge in [0, 0.05) is 32.4 Å². The largest absolute Gasteiger partial charge is 0.444 e. The van der Waals surface area contributed by atoms with E-state index in [2.05, 4.69) is 15.6 Å². The molecule has 0 bridgehead atoms. The van der Waals surface area contributed by atoms with Crippen molar-refractivity contribution >= 4 is 17.9 Å². The summed E-state index contributed by atoms with van der Waals surface area (Å²) in [5.41, 5.74) is -0.168. The van der Waals surface area contributed by atoms with E-state index < -0.39 is 11.7 Å². The van der Waals surface area contributed by atoms with E-state index >= 15 is 0 Å². The van der Waals surface area contributed by atoms with E-state index in [1.165, 1.54) is 0 Å². The smallest absolute Gasteiger partial charge is 0.407 e. The van der Waals surface area contributed by atoms with Gasteiger partial charge in [-0.15, -0.1) is 0 Å². The lowest BCUT2D eigenvalue weighted by Crippen LogP contribution is -2.46. The van der Waals surface area contributed by atoms with Crippen LogP contribution in [0.25, 0.3) is 0 Å². The molecule has 3 amide bonds. The summed E-state index contributed by atoms with van der Waals surface area (Å²) >= 11 is 0. The van der Waals surface area contributed by atoms with E-state index in [1.807, 2.05) is 0 Å². The molecule has 1 unspecified atom stereocenters. The molecule has 2 heterocycles. The molecule has 1 saturated heterocycles. The summed E-state index contributed by atoms with van der Waals surface area (Å²) in [4.78, 5) is 42.2. The average molecular weight is 376 g/mol. The number of pyridine rings is 1. The number of amides is 3. The van der Waals surface area contributed by atoms with Crippen LogP contribution in [-0.4, -0.2) is 59.6 Å². The number of likely N-dealkylation sites (tertiary alicyclic amines) is 1. The molecule has 1 aromatic heterocycles. The first-order valence-electron chi connectivity index (χ1n) is 9.21. The number of alkyl carbamates (subject to hydrolysis) is 1. The minimum absolute atomic E-state index is 0.112. The minimum atomic E-state index is -0.557. The second-order valence-electron chi connectivity index (χ2n) is 7.52. The molecule has 0 spiro atoms. The number of aromatic nitrogens is 1. The Morgan fingerprint density at radius 1 is 1.22 bits per heavy atom. The Kier molecular flexibility index (Phi) is 7.15. The molecule has 1 aromatic rings. The predicted octanol–water partition coefficient (Wildman–Crippen LogP) is 1.57. The molecule has 27 heavy (non-hydrogen) atoms. The van der Waals surface area contributed by atoms with Gasteiger partial charge < -0.3 is 20.3 Å². The number of carbonyl (C=O) groups excluding carboxylic acids is 3. The van der Waals surface area contributed by atoms with Gasteiger partial charge in [-0.25, -0.2) is 4.79 Å². The van der Waals surface area contributed by atoms with Crippen molar-refractivity contribution in [1.29, 1.82) is 0 Å². The highest BCUT2D eigenvalue weighted by molar-refractivity contribution is 5.92. The quantitative estimate of drug-likeness (QED) is 0.760. The number of ether oxygens (including phenoxy) is 1. The molecule has 8 nitrogen and oxygen atoms in total. The van der Waals surface area contributed by atoms with E-state index in [4.69, 9.17) is 4.74 Å². The summed E-state index contributed by atoms with van der Waals surface area (Å²) < 4.78 is 5.13. The molecule has 0 aromatic carbocycles. The molecule has 1 fully saturated rings. The van der Waals surface area contributed by atoms with Gasteiger partial charge in [0.15, 0.2) is 0 Å². The number of hydrogen-bond donors (Lipinski definition) is 2. The summed E-state index contributed by atoms with van der Waals surface area (Å²) in [6.45, 7) is 6.95. The SMILES string of the molecule is CC(C)(C)OC(=O)NCCNC(=O)C1CCCN(C(=O)c2ccccn2)C1. The number of carbonyl (C=O) groups is 3. The van der Waals surface area contributed by atoms with Crippen LogP contribution >= 0.6 is 0 Å². The zero-order chi connectivity index (χ0) is 19.9. The monoisotopic (exact) mass is 376 g/mol. The van der Waals surface area contributed by atoms with Crippen LogP contribution in [0.15, 0.2) is 24.4 Å². The Balaban J connectivity index is 1.75. The maximum atomic E-state index is 12.5. The molecular weight excluding hydrogens is 348 g/mol. The van der Waals surface area contributed by atoms with Gasteiger partial charge in [0.05, 0.1) is 5.92 Å². The molecular formula is C19H28N4O4. The lowest BCUT2D eigenvalue weighted by atomic mass is 9.97. The third-order valence-electron chi connectivity index (χ3n) is 4.06. The summed E-state index contributed by atoms with van der Waals surface area (Å²) in [6, 6.07) is 5.20. The number of hydrogen-bond acceptors (Lipinski definition) is 5. The van der Waals surface area contributed by atoms with Crippen LogP contribution in [0, 0.1) is 5.92 Å². The van der Waals surface area contributed by atoms with Crippen LogP contribution in [0.2, 0.25) is 0 Å². The van der Waals surface area contributed by atoms with Crippen LogP contribution in [0.1, 0.15) is 44.1 Å². The van der Waals surface area contributed by atoms with Gasteiger partial charge in [0.2, 0.25) is 5.91 Å². The molecule has 1 aliphatic heterocycles. The first-order chi connectivity index (χ1) is 12.8. The first-order valence-corrected chi connectivity index (χ1v) is 9.21. The zero-order valence-electron chi connectivity index (χ0n) is 16.2. The van der Waals surface area contributed by atoms with Gasteiger partial charge in [-0.3, -0.25) is 14.6 Å². The molecule has 2 N–H and O–H groups in total. The Morgan fingerprint density at radius 2 is 1.96 bits per heavy atom. The van der Waals surface area contributed by atoms with Gasteiger partial charge in [0.1, 0.15) is 11.3 Å². The number of nitrogens with zero attached hydrogens (tertiary/aromatic N) is 2. The minimum Gasteiger partial charge on any atom is -0.444 e. The zero-order valence-corrected chi connectivity index (χ0v) is 16.2.